The Morgan fingerprint density at radius 2 is 2.06 bits per heavy atom. The van der Waals surface area contributed by atoms with Crippen LogP contribution in [0.2, 0.25) is 0 Å². The lowest BCUT2D eigenvalue weighted by Crippen LogP contribution is -2.42. The van der Waals surface area contributed by atoms with Crippen LogP contribution in [0.4, 0.5) is 5.69 Å². The Morgan fingerprint density at radius 3 is 2.97 bits per heavy atom. The van der Waals surface area contributed by atoms with Gasteiger partial charge in [0.1, 0.15) is 0 Å². The molecule has 1 aliphatic heterocycles. The number of carbonyl (C=O) groups is 1. The van der Waals surface area contributed by atoms with E-state index in [9.17, 15) is 4.79 Å². The highest BCUT2D eigenvalue weighted by Gasteiger charge is 2.28. The Hall–Kier alpha value is -3.45. The molecule has 0 saturated heterocycles. The van der Waals surface area contributed by atoms with Crippen LogP contribution in [0, 0.1) is 5.92 Å². The van der Waals surface area contributed by atoms with E-state index in [4.69, 9.17) is 4.52 Å². The molecule has 1 amide bonds. The molecule has 4 aromatic rings. The Morgan fingerprint density at radius 1 is 1.23 bits per heavy atom. The van der Waals surface area contributed by atoms with Gasteiger partial charge in [-0.25, -0.2) is 0 Å². The van der Waals surface area contributed by atoms with Crippen molar-refractivity contribution in [3.8, 4) is 11.4 Å². The number of aromatic nitrogens is 3. The first-order chi connectivity index (χ1) is 15.2. The zero-order valence-corrected chi connectivity index (χ0v) is 17.5. The first-order valence-corrected chi connectivity index (χ1v) is 10.6. The number of fused-ring (bicyclic) bond motifs is 2. The number of nitrogens with one attached hydrogen (secondary N) is 2. The third-order valence-electron chi connectivity index (χ3n) is 5.88. The van der Waals surface area contributed by atoms with E-state index in [2.05, 4.69) is 26.5 Å². The minimum atomic E-state index is 0.0834. The molecule has 31 heavy (non-hydrogen) atoms. The molecule has 0 spiro atoms. The van der Waals surface area contributed by atoms with Crippen molar-refractivity contribution in [2.24, 2.45) is 5.92 Å². The fraction of sp³-hybridized carbons (Fsp3) is 0.292. The molecule has 0 radical (unpaired) electrons. The maximum atomic E-state index is 13.1. The number of aromatic amines is 1. The molecule has 5 rings (SSSR count). The second-order valence-corrected chi connectivity index (χ2v) is 8.02. The number of aryl methyl sites for hydroxylation is 1. The third-order valence-corrected chi connectivity index (χ3v) is 5.88. The van der Waals surface area contributed by atoms with Crippen LogP contribution >= 0.6 is 0 Å². The van der Waals surface area contributed by atoms with E-state index in [1.54, 1.807) is 0 Å². The summed E-state index contributed by atoms with van der Waals surface area (Å²) in [7, 11) is 1.95. The van der Waals surface area contributed by atoms with Gasteiger partial charge in [0.25, 0.3) is 0 Å². The van der Waals surface area contributed by atoms with Crippen molar-refractivity contribution < 1.29 is 9.32 Å². The van der Waals surface area contributed by atoms with Gasteiger partial charge >= 0.3 is 0 Å². The number of hydrogen-bond acceptors (Lipinski definition) is 5. The first kappa shape index (κ1) is 19.5. The van der Waals surface area contributed by atoms with Crippen LogP contribution in [0.5, 0.6) is 0 Å². The lowest BCUT2D eigenvalue weighted by atomic mass is 9.92. The molecular formula is C24H25N5O2. The first-order valence-electron chi connectivity index (χ1n) is 10.6. The molecule has 0 aliphatic carbocycles. The molecule has 1 aliphatic rings. The van der Waals surface area contributed by atoms with Crippen molar-refractivity contribution in [3.63, 3.8) is 0 Å². The zero-order chi connectivity index (χ0) is 21.2. The van der Waals surface area contributed by atoms with Crippen molar-refractivity contribution in [3.05, 3.63) is 66.2 Å². The number of nitrogens with zero attached hydrogens (tertiary/aromatic N) is 3. The molecule has 1 atom stereocenters. The van der Waals surface area contributed by atoms with Crippen LogP contribution in [0.15, 0.2) is 59.3 Å². The van der Waals surface area contributed by atoms with Gasteiger partial charge < -0.3 is 19.7 Å². The third kappa shape index (κ3) is 3.84. The summed E-state index contributed by atoms with van der Waals surface area (Å²) < 4.78 is 5.45. The highest BCUT2D eigenvalue weighted by Crippen LogP contribution is 2.30. The van der Waals surface area contributed by atoms with Crippen molar-refractivity contribution in [1.82, 2.24) is 20.4 Å². The van der Waals surface area contributed by atoms with Gasteiger partial charge in [-0.05, 0) is 43.6 Å². The summed E-state index contributed by atoms with van der Waals surface area (Å²) in [5, 5.41) is 8.42. The summed E-state index contributed by atoms with van der Waals surface area (Å²) in [6.07, 6.45) is 3.62. The van der Waals surface area contributed by atoms with Gasteiger partial charge in [-0.2, -0.15) is 4.98 Å². The summed E-state index contributed by atoms with van der Waals surface area (Å²) in [4.78, 5) is 22.8. The highest BCUT2D eigenvalue weighted by atomic mass is 16.5. The van der Waals surface area contributed by atoms with E-state index in [1.807, 2.05) is 60.6 Å². The van der Waals surface area contributed by atoms with Gasteiger partial charge in [0.15, 0.2) is 0 Å². The second kappa shape index (κ2) is 8.35. The number of hydrogen-bond donors (Lipinski definition) is 2. The molecule has 3 heterocycles. The number of anilines is 1. The summed E-state index contributed by atoms with van der Waals surface area (Å²) in [5.41, 5.74) is 4.17. The normalized spacial score (nSPS) is 15.9. The molecule has 0 bridgehead atoms. The Labute approximate surface area is 180 Å². The van der Waals surface area contributed by atoms with E-state index >= 15 is 0 Å². The van der Waals surface area contributed by atoms with E-state index in [1.165, 1.54) is 5.56 Å². The minimum Gasteiger partial charge on any atom is -0.360 e. The quantitative estimate of drug-likeness (QED) is 0.503. The molecule has 2 aromatic carbocycles. The van der Waals surface area contributed by atoms with Crippen molar-refractivity contribution in [2.45, 2.75) is 19.3 Å². The number of benzene rings is 2. The SMILES string of the molecule is CNCC1Cc2ccccc2N(C(=O)CCc2nc(-c3c[nH]c4ccccc34)no2)C1. The van der Waals surface area contributed by atoms with E-state index in [0.29, 0.717) is 30.5 Å². The second-order valence-electron chi connectivity index (χ2n) is 8.02. The molecule has 0 saturated carbocycles. The summed E-state index contributed by atoms with van der Waals surface area (Å²) >= 11 is 0. The molecule has 7 nitrogen and oxygen atoms in total. The van der Waals surface area contributed by atoms with Crippen LogP contribution in [-0.4, -0.2) is 41.2 Å². The predicted octanol–water partition coefficient (Wildman–Crippen LogP) is 3.58. The lowest BCUT2D eigenvalue weighted by Gasteiger charge is -2.34. The number of H-pyrrole nitrogens is 1. The lowest BCUT2D eigenvalue weighted by molar-refractivity contribution is -0.118. The van der Waals surface area contributed by atoms with Crippen LogP contribution in [0.25, 0.3) is 22.3 Å². The van der Waals surface area contributed by atoms with E-state index in [-0.39, 0.29) is 5.91 Å². The van der Waals surface area contributed by atoms with Crippen LogP contribution in [0.1, 0.15) is 17.9 Å². The van der Waals surface area contributed by atoms with Crippen molar-refractivity contribution >= 4 is 22.5 Å². The number of carbonyl (C=O) groups excluding carboxylic acids is 1. The highest BCUT2D eigenvalue weighted by molar-refractivity contribution is 5.95. The molecule has 158 valence electrons. The minimum absolute atomic E-state index is 0.0834. The Balaban J connectivity index is 1.30. The van der Waals surface area contributed by atoms with Gasteiger partial charge in [-0.3, -0.25) is 4.79 Å². The maximum Gasteiger partial charge on any atom is 0.227 e. The number of amides is 1. The van der Waals surface area contributed by atoms with Crippen LogP contribution in [-0.2, 0) is 17.6 Å². The van der Waals surface area contributed by atoms with E-state index in [0.717, 1.165) is 41.7 Å². The largest absolute Gasteiger partial charge is 0.360 e. The average molecular weight is 415 g/mol. The van der Waals surface area contributed by atoms with Crippen molar-refractivity contribution in [1.29, 1.82) is 0 Å². The number of rotatable bonds is 6. The maximum absolute atomic E-state index is 13.1. The van der Waals surface area contributed by atoms with Gasteiger partial charge in [0.05, 0.1) is 0 Å². The fourth-order valence-corrected chi connectivity index (χ4v) is 4.41. The van der Waals surface area contributed by atoms with Gasteiger partial charge in [0.2, 0.25) is 17.6 Å². The topological polar surface area (TPSA) is 87.0 Å². The predicted molar refractivity (Wildman–Crippen MR) is 120 cm³/mol. The smallest absolute Gasteiger partial charge is 0.227 e. The molecule has 0 fully saturated rings. The van der Waals surface area contributed by atoms with Gasteiger partial charge in [-0.15, -0.1) is 0 Å². The number of para-hydroxylation sites is 2. The summed E-state index contributed by atoms with van der Waals surface area (Å²) in [6, 6.07) is 16.2. The summed E-state index contributed by atoms with van der Waals surface area (Å²) in [6.45, 7) is 1.61. The molecular weight excluding hydrogens is 390 g/mol. The molecule has 2 N–H and O–H groups in total. The monoisotopic (exact) mass is 415 g/mol. The Bertz CT molecular complexity index is 1210. The Kier molecular flexibility index (Phi) is 5.26. The van der Waals surface area contributed by atoms with Gasteiger partial charge in [-0.1, -0.05) is 41.6 Å². The van der Waals surface area contributed by atoms with Crippen molar-refractivity contribution in [2.75, 3.05) is 25.0 Å². The molecule has 1 unspecified atom stereocenters. The fourth-order valence-electron chi connectivity index (χ4n) is 4.41. The van der Waals surface area contributed by atoms with Gasteiger partial charge in [0, 0.05) is 47.7 Å². The average Bonchev–Trinajstić information content (AvgIpc) is 3.44. The van der Waals surface area contributed by atoms with Crippen LogP contribution in [0.3, 0.4) is 0 Å². The standard InChI is InChI=1S/C24H25N5O2/c1-25-13-16-12-17-6-2-5-9-21(17)29(15-16)23(30)11-10-22-27-24(28-31-22)19-14-26-20-8-4-3-7-18(19)20/h2-9,14,16,25-26H,10-13,15H2,1H3. The zero-order valence-electron chi connectivity index (χ0n) is 17.5. The molecule has 7 heteroatoms. The van der Waals surface area contributed by atoms with E-state index < -0.39 is 0 Å². The molecule has 2 aromatic heterocycles. The van der Waals surface area contributed by atoms with Crippen LogP contribution < -0.4 is 10.2 Å². The summed E-state index contributed by atoms with van der Waals surface area (Å²) in [5.74, 6) is 1.50.